The number of halogens is 6. The van der Waals surface area contributed by atoms with Crippen LogP contribution in [0.1, 0.15) is 12.8 Å². The number of hydrogen-bond donors (Lipinski definition) is 1. The van der Waals surface area contributed by atoms with Crippen LogP contribution in [0, 0.1) is 5.92 Å². The van der Waals surface area contributed by atoms with Gasteiger partial charge in [0.15, 0.2) is 0 Å². The summed E-state index contributed by atoms with van der Waals surface area (Å²) in [5, 5.41) is 2.52. The van der Waals surface area contributed by atoms with Crippen LogP contribution in [0.3, 0.4) is 0 Å². The van der Waals surface area contributed by atoms with Gasteiger partial charge in [-0.15, -0.1) is 11.3 Å². The van der Waals surface area contributed by atoms with Crippen LogP contribution >= 0.6 is 11.3 Å². The Kier molecular flexibility index (Phi) is 7.25. The smallest absolute Gasteiger partial charge is 0.426 e. The number of nitrogens with zero attached hydrogens (tertiary/aromatic N) is 2. The first kappa shape index (κ1) is 24.6. The lowest BCUT2D eigenvalue weighted by atomic mass is 9.97. The number of rotatable bonds is 5. The highest BCUT2D eigenvalue weighted by Gasteiger charge is 2.60. The molecular formula is C18H18F6N2O4S2. The maximum Gasteiger partial charge on any atom is 0.434 e. The molecule has 0 radical (unpaired) electrons. The van der Waals surface area contributed by atoms with Crippen molar-refractivity contribution in [2.75, 3.05) is 23.9 Å². The molecule has 2 heterocycles. The highest BCUT2D eigenvalue weighted by atomic mass is 32.2. The Morgan fingerprint density at radius 3 is 2.34 bits per heavy atom. The van der Waals surface area contributed by atoms with Crippen LogP contribution in [0.4, 0.5) is 36.8 Å². The average molecular weight is 504 g/mol. The molecule has 1 atom stereocenters. The fourth-order valence-electron chi connectivity index (χ4n) is 3.43. The number of piperidine rings is 1. The predicted octanol–water partition coefficient (Wildman–Crippen LogP) is 5.19. The topological polar surface area (TPSA) is 70.1 Å². The number of anilines is 1. The van der Waals surface area contributed by atoms with E-state index >= 15 is 0 Å². The highest BCUT2D eigenvalue weighted by Crippen LogP contribution is 2.37. The SMILES string of the molecule is O=C(OC(C(F)(F)F)C(F)(F)F)N1CCC(CN(c2csc3ccccc23)S(=O)O)CC1. The van der Waals surface area contributed by atoms with E-state index in [-0.39, 0.29) is 38.4 Å². The molecule has 0 aliphatic carbocycles. The molecule has 1 N–H and O–H groups in total. The summed E-state index contributed by atoms with van der Waals surface area (Å²) in [5.41, 5.74) is 0.548. The van der Waals surface area contributed by atoms with Crippen LogP contribution in [0.15, 0.2) is 29.6 Å². The molecule has 178 valence electrons. The van der Waals surface area contributed by atoms with Crippen LogP contribution in [-0.2, 0) is 16.0 Å². The second-order valence-corrected chi connectivity index (χ2v) is 9.00. The monoisotopic (exact) mass is 504 g/mol. The molecule has 6 nitrogen and oxygen atoms in total. The molecule has 1 amide bonds. The van der Waals surface area contributed by atoms with Gasteiger partial charge in [-0.25, -0.2) is 9.00 Å². The van der Waals surface area contributed by atoms with Gasteiger partial charge in [-0.2, -0.15) is 26.3 Å². The zero-order valence-electron chi connectivity index (χ0n) is 16.2. The Labute approximate surface area is 185 Å². The summed E-state index contributed by atoms with van der Waals surface area (Å²) in [4.78, 5) is 12.7. The number of carbonyl (C=O) groups excluding carboxylic acids is 1. The number of benzene rings is 1. The van der Waals surface area contributed by atoms with Gasteiger partial charge in [0.25, 0.3) is 17.4 Å². The molecule has 1 fully saturated rings. The maximum absolute atomic E-state index is 12.6. The van der Waals surface area contributed by atoms with Gasteiger partial charge in [-0.1, -0.05) is 18.2 Å². The van der Waals surface area contributed by atoms with Crippen LogP contribution in [0.25, 0.3) is 10.1 Å². The highest BCUT2D eigenvalue weighted by molar-refractivity contribution is 7.80. The number of hydrogen-bond acceptors (Lipinski definition) is 4. The number of alkyl halides is 6. The maximum atomic E-state index is 12.6. The average Bonchev–Trinajstić information content (AvgIpc) is 3.12. The summed E-state index contributed by atoms with van der Waals surface area (Å²) >= 11 is -0.956. The molecule has 0 spiro atoms. The van der Waals surface area contributed by atoms with E-state index in [0.29, 0.717) is 5.69 Å². The van der Waals surface area contributed by atoms with Gasteiger partial charge in [-0.05, 0) is 24.8 Å². The van der Waals surface area contributed by atoms with Crippen molar-refractivity contribution in [1.29, 1.82) is 0 Å². The molecule has 0 bridgehead atoms. The normalized spacial score (nSPS) is 17.1. The molecule has 3 rings (SSSR count). The van der Waals surface area contributed by atoms with Crippen molar-refractivity contribution in [2.45, 2.75) is 31.3 Å². The van der Waals surface area contributed by atoms with E-state index in [4.69, 9.17) is 0 Å². The number of ether oxygens (including phenoxy) is 1. The van der Waals surface area contributed by atoms with Crippen molar-refractivity contribution in [3.63, 3.8) is 0 Å². The number of likely N-dealkylation sites (tertiary alicyclic amines) is 1. The van der Waals surface area contributed by atoms with Gasteiger partial charge in [0, 0.05) is 35.1 Å². The summed E-state index contributed by atoms with van der Waals surface area (Å²) in [7, 11) is 0. The minimum Gasteiger partial charge on any atom is -0.426 e. The number of thiophene rings is 1. The summed E-state index contributed by atoms with van der Waals surface area (Å²) in [6.07, 6.45) is -17.0. The Morgan fingerprint density at radius 1 is 1.19 bits per heavy atom. The summed E-state index contributed by atoms with van der Waals surface area (Å²) in [5.74, 6) is -0.213. The fourth-order valence-corrected chi connectivity index (χ4v) is 5.10. The largest absolute Gasteiger partial charge is 0.434 e. The van der Waals surface area contributed by atoms with E-state index < -0.39 is 35.8 Å². The van der Waals surface area contributed by atoms with Crippen molar-refractivity contribution < 1.29 is 44.6 Å². The summed E-state index contributed by atoms with van der Waals surface area (Å²) in [6.45, 7) is -0.148. The van der Waals surface area contributed by atoms with Gasteiger partial charge < -0.3 is 9.64 Å². The number of carbonyl (C=O) groups is 1. The molecule has 14 heteroatoms. The molecule has 0 saturated carbocycles. The number of amides is 1. The first-order valence-corrected chi connectivity index (χ1v) is 11.3. The van der Waals surface area contributed by atoms with Crippen molar-refractivity contribution in [2.24, 2.45) is 5.92 Å². The van der Waals surface area contributed by atoms with Crippen molar-refractivity contribution in [1.82, 2.24) is 4.90 Å². The van der Waals surface area contributed by atoms with Crippen molar-refractivity contribution in [3.05, 3.63) is 29.6 Å². The van der Waals surface area contributed by atoms with E-state index in [1.165, 1.54) is 15.6 Å². The molecule has 1 aromatic heterocycles. The van der Waals surface area contributed by atoms with Crippen LogP contribution < -0.4 is 4.31 Å². The second kappa shape index (κ2) is 9.43. The minimum atomic E-state index is -5.78. The molecule has 1 unspecified atom stereocenters. The standard InChI is InChI=1S/C18H18F6N2O4S2/c19-17(20,21)15(18(22,23)24)30-16(27)25-7-5-11(6-8-25)9-26(32(28)29)13-10-31-14-4-2-1-3-12(13)14/h1-4,10-11,15H,5-9H2,(H,28,29). The lowest BCUT2D eigenvalue weighted by molar-refractivity contribution is -0.308. The van der Waals surface area contributed by atoms with E-state index in [2.05, 4.69) is 4.74 Å². The Bertz CT molecular complexity index is 958. The van der Waals surface area contributed by atoms with Crippen LogP contribution in [0.5, 0.6) is 0 Å². The third-order valence-electron chi connectivity index (χ3n) is 5.03. The van der Waals surface area contributed by atoms with Gasteiger partial charge in [0.05, 0.1) is 5.69 Å². The van der Waals surface area contributed by atoms with Gasteiger partial charge in [0.1, 0.15) is 0 Å². The molecule has 1 aliphatic heterocycles. The lowest BCUT2D eigenvalue weighted by Gasteiger charge is -2.34. The first-order valence-electron chi connectivity index (χ1n) is 9.31. The lowest BCUT2D eigenvalue weighted by Crippen LogP contribution is -2.49. The Morgan fingerprint density at radius 2 is 1.78 bits per heavy atom. The molecular weight excluding hydrogens is 486 g/mol. The predicted molar refractivity (Wildman–Crippen MR) is 107 cm³/mol. The van der Waals surface area contributed by atoms with Gasteiger partial charge in [-0.3, -0.25) is 8.86 Å². The fraction of sp³-hybridized carbons (Fsp3) is 0.500. The molecule has 1 saturated heterocycles. The minimum absolute atomic E-state index is 0.125. The Hall–Kier alpha value is -2.06. The zero-order chi connectivity index (χ0) is 23.7. The summed E-state index contributed by atoms with van der Waals surface area (Å²) in [6, 6.07) is 7.29. The molecule has 2 aromatic rings. The van der Waals surface area contributed by atoms with Crippen molar-refractivity contribution in [3.8, 4) is 0 Å². The van der Waals surface area contributed by atoms with E-state index in [1.807, 2.05) is 12.1 Å². The van der Waals surface area contributed by atoms with Crippen LogP contribution in [0.2, 0.25) is 0 Å². The molecule has 32 heavy (non-hydrogen) atoms. The van der Waals surface area contributed by atoms with Crippen molar-refractivity contribution >= 4 is 44.5 Å². The molecule has 1 aliphatic rings. The van der Waals surface area contributed by atoms with Gasteiger partial charge in [0.2, 0.25) is 0 Å². The van der Waals surface area contributed by atoms with E-state index in [1.54, 1.807) is 17.5 Å². The Balaban J connectivity index is 1.62. The van der Waals surface area contributed by atoms with E-state index in [0.717, 1.165) is 15.0 Å². The quantitative estimate of drug-likeness (QED) is 0.450. The third kappa shape index (κ3) is 5.64. The van der Waals surface area contributed by atoms with Gasteiger partial charge >= 0.3 is 18.4 Å². The van der Waals surface area contributed by atoms with E-state index in [9.17, 15) is 39.9 Å². The zero-order valence-corrected chi connectivity index (χ0v) is 17.9. The third-order valence-corrected chi connectivity index (χ3v) is 6.70. The second-order valence-electron chi connectivity index (χ2n) is 7.19. The first-order chi connectivity index (χ1) is 14.9. The number of fused-ring (bicyclic) bond motifs is 1. The summed E-state index contributed by atoms with van der Waals surface area (Å²) < 4.78 is 103. The molecule has 1 aromatic carbocycles. The van der Waals surface area contributed by atoms with Crippen LogP contribution in [-0.4, -0.2) is 57.8 Å².